The number of piperidine rings is 1. The van der Waals surface area contributed by atoms with Crippen molar-refractivity contribution in [1.82, 2.24) is 24.9 Å². The topological polar surface area (TPSA) is 93.0 Å². The van der Waals surface area contributed by atoms with Gasteiger partial charge in [0.15, 0.2) is 0 Å². The fourth-order valence-corrected chi connectivity index (χ4v) is 5.32. The Balaban J connectivity index is 1.43. The SMILES string of the molecule is O=S(=O)(NC1CCN(c2nnnn2-c2ccccc2)CC1)c1cccs1. The number of benzene rings is 1. The highest BCUT2D eigenvalue weighted by Crippen LogP contribution is 2.22. The van der Waals surface area contributed by atoms with E-state index >= 15 is 0 Å². The second-order valence-electron chi connectivity index (χ2n) is 6.04. The molecule has 0 aliphatic carbocycles. The molecule has 1 aliphatic heterocycles. The van der Waals surface area contributed by atoms with Crippen LogP contribution in [0.15, 0.2) is 52.1 Å². The molecule has 10 heteroatoms. The molecule has 0 unspecified atom stereocenters. The van der Waals surface area contributed by atoms with Gasteiger partial charge >= 0.3 is 0 Å². The second kappa shape index (κ2) is 7.14. The summed E-state index contributed by atoms with van der Waals surface area (Å²) in [6.07, 6.45) is 1.40. The molecule has 0 bridgehead atoms. The van der Waals surface area contributed by atoms with Crippen molar-refractivity contribution >= 4 is 27.3 Å². The van der Waals surface area contributed by atoms with E-state index in [-0.39, 0.29) is 6.04 Å². The monoisotopic (exact) mass is 390 g/mol. The Labute approximate surface area is 155 Å². The summed E-state index contributed by atoms with van der Waals surface area (Å²) in [7, 11) is -3.43. The fourth-order valence-electron chi connectivity index (χ4n) is 3.01. The summed E-state index contributed by atoms with van der Waals surface area (Å²) in [5, 5.41) is 13.8. The van der Waals surface area contributed by atoms with E-state index in [9.17, 15) is 8.42 Å². The first-order chi connectivity index (χ1) is 12.6. The first-order valence-corrected chi connectivity index (χ1v) is 10.6. The summed E-state index contributed by atoms with van der Waals surface area (Å²) in [5.74, 6) is 0.677. The molecule has 136 valence electrons. The Morgan fingerprint density at radius 2 is 1.85 bits per heavy atom. The maximum atomic E-state index is 12.4. The Kier molecular flexibility index (Phi) is 4.70. The molecule has 26 heavy (non-hydrogen) atoms. The summed E-state index contributed by atoms with van der Waals surface area (Å²) in [6.45, 7) is 1.37. The van der Waals surface area contributed by atoms with Crippen molar-refractivity contribution < 1.29 is 8.42 Å². The van der Waals surface area contributed by atoms with Gasteiger partial charge in [-0.25, -0.2) is 13.1 Å². The zero-order valence-corrected chi connectivity index (χ0v) is 15.5. The van der Waals surface area contributed by atoms with Crippen molar-refractivity contribution in [2.45, 2.75) is 23.1 Å². The molecule has 4 rings (SSSR count). The van der Waals surface area contributed by atoms with Crippen LogP contribution in [0.2, 0.25) is 0 Å². The molecule has 0 saturated carbocycles. The van der Waals surface area contributed by atoms with Crippen molar-refractivity contribution in [2.24, 2.45) is 0 Å². The lowest BCUT2D eigenvalue weighted by atomic mass is 10.1. The Hall–Kier alpha value is -2.30. The molecule has 0 atom stereocenters. The van der Waals surface area contributed by atoms with Crippen LogP contribution in [0.3, 0.4) is 0 Å². The third-order valence-electron chi connectivity index (χ3n) is 4.31. The molecule has 3 heterocycles. The lowest BCUT2D eigenvalue weighted by Gasteiger charge is -2.32. The van der Waals surface area contributed by atoms with Gasteiger partial charge in [-0.1, -0.05) is 29.4 Å². The number of nitrogens with zero attached hydrogens (tertiary/aromatic N) is 5. The zero-order valence-electron chi connectivity index (χ0n) is 13.9. The Bertz CT molecular complexity index is 948. The van der Waals surface area contributed by atoms with Gasteiger partial charge in [0.25, 0.3) is 0 Å². The van der Waals surface area contributed by atoms with Gasteiger partial charge in [0, 0.05) is 19.1 Å². The van der Waals surface area contributed by atoms with Gasteiger partial charge in [-0.2, -0.15) is 4.68 Å². The van der Waals surface area contributed by atoms with Crippen LogP contribution in [0, 0.1) is 0 Å². The summed E-state index contributed by atoms with van der Waals surface area (Å²) in [4.78, 5) is 2.09. The molecule has 3 aromatic rings. The number of tetrazole rings is 1. The van der Waals surface area contributed by atoms with Crippen molar-refractivity contribution in [3.05, 3.63) is 47.8 Å². The Morgan fingerprint density at radius 3 is 2.54 bits per heavy atom. The molecular weight excluding hydrogens is 372 g/mol. The highest BCUT2D eigenvalue weighted by Gasteiger charge is 2.27. The maximum absolute atomic E-state index is 12.4. The molecule has 0 spiro atoms. The third-order valence-corrected chi connectivity index (χ3v) is 7.23. The molecule has 1 fully saturated rings. The third kappa shape index (κ3) is 3.48. The minimum absolute atomic E-state index is 0.0839. The quantitative estimate of drug-likeness (QED) is 0.712. The highest BCUT2D eigenvalue weighted by atomic mass is 32.2. The minimum atomic E-state index is -3.43. The lowest BCUT2D eigenvalue weighted by molar-refractivity contribution is 0.455. The van der Waals surface area contributed by atoms with Gasteiger partial charge < -0.3 is 4.90 Å². The zero-order chi connectivity index (χ0) is 18.0. The van der Waals surface area contributed by atoms with Crippen molar-refractivity contribution in [1.29, 1.82) is 0 Å². The molecular formula is C16H18N6O2S2. The van der Waals surface area contributed by atoms with E-state index in [0.717, 1.165) is 5.69 Å². The molecule has 0 amide bonds. The summed E-state index contributed by atoms with van der Waals surface area (Å²) < 4.78 is 29.6. The minimum Gasteiger partial charge on any atom is -0.339 e. The number of hydrogen-bond donors (Lipinski definition) is 1. The van der Waals surface area contributed by atoms with Crippen LogP contribution in [0.25, 0.3) is 5.69 Å². The smallest absolute Gasteiger partial charge is 0.250 e. The molecule has 1 aromatic carbocycles. The number of para-hydroxylation sites is 1. The van der Waals surface area contributed by atoms with Crippen LogP contribution in [0.5, 0.6) is 0 Å². The van der Waals surface area contributed by atoms with E-state index in [2.05, 4.69) is 25.1 Å². The predicted molar refractivity (Wildman–Crippen MR) is 99.0 cm³/mol. The maximum Gasteiger partial charge on any atom is 0.250 e. The standard InChI is InChI=1S/C16H18N6O2S2/c23-26(24,15-7-4-12-25-15)18-13-8-10-21(11-9-13)16-17-19-20-22(16)14-5-2-1-3-6-14/h1-7,12-13,18H,8-11H2. The first-order valence-electron chi connectivity index (χ1n) is 8.28. The number of thiophene rings is 1. The number of anilines is 1. The van der Waals surface area contributed by atoms with E-state index in [1.165, 1.54) is 11.3 Å². The average molecular weight is 390 g/mol. The summed E-state index contributed by atoms with van der Waals surface area (Å²) in [5.41, 5.74) is 0.896. The van der Waals surface area contributed by atoms with Crippen LogP contribution >= 0.6 is 11.3 Å². The van der Waals surface area contributed by atoms with E-state index in [1.54, 1.807) is 22.2 Å². The van der Waals surface area contributed by atoms with Crippen LogP contribution in [0.4, 0.5) is 5.95 Å². The number of nitrogens with one attached hydrogen (secondary N) is 1. The molecule has 8 nitrogen and oxygen atoms in total. The van der Waals surface area contributed by atoms with E-state index in [0.29, 0.717) is 36.1 Å². The number of aromatic nitrogens is 4. The molecule has 1 saturated heterocycles. The van der Waals surface area contributed by atoms with E-state index in [4.69, 9.17) is 0 Å². The molecule has 0 radical (unpaired) electrons. The lowest BCUT2D eigenvalue weighted by Crippen LogP contribution is -2.45. The normalized spacial score (nSPS) is 16.1. The average Bonchev–Trinajstić information content (AvgIpc) is 3.35. The fraction of sp³-hybridized carbons (Fsp3) is 0.312. The second-order valence-corrected chi connectivity index (χ2v) is 8.93. The van der Waals surface area contributed by atoms with Crippen molar-refractivity contribution in [2.75, 3.05) is 18.0 Å². The van der Waals surface area contributed by atoms with Crippen LogP contribution in [-0.2, 0) is 10.0 Å². The first kappa shape index (κ1) is 17.1. The molecule has 2 aromatic heterocycles. The van der Waals surface area contributed by atoms with Gasteiger partial charge in [0.2, 0.25) is 16.0 Å². The summed E-state index contributed by atoms with van der Waals surface area (Å²) >= 11 is 1.23. The number of sulfonamides is 1. The summed E-state index contributed by atoms with van der Waals surface area (Å²) in [6, 6.07) is 13.0. The van der Waals surface area contributed by atoms with E-state index < -0.39 is 10.0 Å². The van der Waals surface area contributed by atoms with Crippen LogP contribution in [0.1, 0.15) is 12.8 Å². The van der Waals surface area contributed by atoms with Crippen molar-refractivity contribution in [3.63, 3.8) is 0 Å². The number of hydrogen-bond acceptors (Lipinski definition) is 7. The van der Waals surface area contributed by atoms with Crippen LogP contribution in [-0.4, -0.2) is 47.8 Å². The molecule has 1 N–H and O–H groups in total. The van der Waals surface area contributed by atoms with Gasteiger partial charge in [-0.05, 0) is 46.8 Å². The number of rotatable bonds is 5. The Morgan fingerprint density at radius 1 is 1.08 bits per heavy atom. The predicted octanol–water partition coefficient (Wildman–Crippen LogP) is 1.67. The van der Waals surface area contributed by atoms with Gasteiger partial charge in [-0.3, -0.25) is 0 Å². The van der Waals surface area contributed by atoms with Gasteiger partial charge in [0.1, 0.15) is 4.21 Å². The largest absolute Gasteiger partial charge is 0.339 e. The van der Waals surface area contributed by atoms with E-state index in [1.807, 2.05) is 30.3 Å². The van der Waals surface area contributed by atoms with Gasteiger partial charge in [0.05, 0.1) is 5.69 Å². The van der Waals surface area contributed by atoms with Crippen molar-refractivity contribution in [3.8, 4) is 5.69 Å². The van der Waals surface area contributed by atoms with Crippen LogP contribution < -0.4 is 9.62 Å². The highest BCUT2D eigenvalue weighted by molar-refractivity contribution is 7.91. The molecule has 1 aliphatic rings. The van der Waals surface area contributed by atoms with Gasteiger partial charge in [-0.15, -0.1) is 11.3 Å².